The number of anilines is 1. The third kappa shape index (κ3) is 4.50. The largest absolute Gasteiger partial charge is 0.345 e. The van der Waals surface area contributed by atoms with E-state index in [1.54, 1.807) is 24.3 Å². The van der Waals surface area contributed by atoms with E-state index >= 15 is 0 Å². The van der Waals surface area contributed by atoms with Crippen LogP contribution in [0.5, 0.6) is 0 Å². The second-order valence-corrected chi connectivity index (χ2v) is 9.00. The number of sulfonamides is 1. The molecule has 0 aromatic heterocycles. The molecule has 1 fully saturated rings. The van der Waals surface area contributed by atoms with Gasteiger partial charge in [-0.3, -0.25) is 9.10 Å². The van der Waals surface area contributed by atoms with Crippen LogP contribution in [0.3, 0.4) is 0 Å². The van der Waals surface area contributed by atoms with Gasteiger partial charge in [0.15, 0.2) is 0 Å². The molecule has 1 aliphatic rings. The van der Waals surface area contributed by atoms with Gasteiger partial charge in [-0.25, -0.2) is 8.42 Å². The van der Waals surface area contributed by atoms with Crippen LogP contribution in [0.2, 0.25) is 0 Å². The summed E-state index contributed by atoms with van der Waals surface area (Å²) >= 11 is 0. The van der Waals surface area contributed by atoms with Crippen molar-refractivity contribution >= 4 is 21.6 Å². The molecule has 27 heavy (non-hydrogen) atoms. The summed E-state index contributed by atoms with van der Waals surface area (Å²) in [6.07, 6.45) is 2.30. The van der Waals surface area contributed by atoms with E-state index in [1.807, 2.05) is 38.1 Å². The van der Waals surface area contributed by atoms with E-state index in [0.717, 1.165) is 18.4 Å². The number of carbonyl (C=O) groups is 1. The van der Waals surface area contributed by atoms with Crippen molar-refractivity contribution in [3.05, 3.63) is 65.2 Å². The van der Waals surface area contributed by atoms with Gasteiger partial charge in [-0.15, -0.1) is 0 Å². The quantitative estimate of drug-likeness (QED) is 0.850. The first-order chi connectivity index (χ1) is 12.9. The minimum Gasteiger partial charge on any atom is -0.345 e. The van der Waals surface area contributed by atoms with Crippen molar-refractivity contribution in [2.75, 3.05) is 16.6 Å². The predicted octanol–water partition coefficient (Wildman–Crippen LogP) is 3.81. The Morgan fingerprint density at radius 2 is 1.89 bits per heavy atom. The summed E-state index contributed by atoms with van der Waals surface area (Å²) in [5, 5.41) is 3.06. The molecule has 0 spiro atoms. The van der Waals surface area contributed by atoms with E-state index in [-0.39, 0.29) is 17.7 Å². The number of aryl methyl sites for hydroxylation is 1. The number of benzene rings is 2. The molecular weight excluding hydrogens is 360 g/mol. The van der Waals surface area contributed by atoms with Crippen molar-refractivity contribution in [2.24, 2.45) is 0 Å². The maximum atomic E-state index is 12.8. The molecule has 0 unspecified atom stereocenters. The Hall–Kier alpha value is -2.34. The number of amides is 1. The van der Waals surface area contributed by atoms with Gasteiger partial charge in [0.2, 0.25) is 10.0 Å². The molecule has 0 bridgehead atoms. The molecule has 1 saturated heterocycles. The highest BCUT2D eigenvalue weighted by Gasteiger charge is 2.26. The summed E-state index contributed by atoms with van der Waals surface area (Å²) in [4.78, 5) is 12.8. The molecule has 1 N–H and O–H groups in total. The monoisotopic (exact) mass is 386 g/mol. The number of hydrogen-bond acceptors (Lipinski definition) is 3. The van der Waals surface area contributed by atoms with Gasteiger partial charge < -0.3 is 5.32 Å². The van der Waals surface area contributed by atoms with Crippen LogP contribution in [0, 0.1) is 6.92 Å². The van der Waals surface area contributed by atoms with E-state index in [9.17, 15) is 13.2 Å². The fourth-order valence-electron chi connectivity index (χ4n) is 3.34. The number of rotatable bonds is 5. The normalized spacial score (nSPS) is 17.3. The zero-order valence-corrected chi connectivity index (χ0v) is 16.6. The average Bonchev–Trinajstić information content (AvgIpc) is 2.66. The molecule has 5 nitrogen and oxygen atoms in total. The van der Waals surface area contributed by atoms with Crippen molar-refractivity contribution in [1.82, 2.24) is 5.32 Å². The van der Waals surface area contributed by atoms with Gasteiger partial charge in [0.1, 0.15) is 0 Å². The Labute approximate surface area is 161 Å². The van der Waals surface area contributed by atoms with Gasteiger partial charge in [0, 0.05) is 12.1 Å². The van der Waals surface area contributed by atoms with E-state index < -0.39 is 10.0 Å². The molecule has 0 aliphatic carbocycles. The summed E-state index contributed by atoms with van der Waals surface area (Å²) in [5.41, 5.74) is 3.27. The zero-order valence-electron chi connectivity index (χ0n) is 15.8. The number of nitrogens with one attached hydrogen (secondary N) is 1. The van der Waals surface area contributed by atoms with E-state index in [1.165, 1.54) is 9.87 Å². The summed E-state index contributed by atoms with van der Waals surface area (Å²) in [7, 11) is -3.29. The molecule has 144 valence electrons. The maximum Gasteiger partial charge on any atom is 0.251 e. The van der Waals surface area contributed by atoms with E-state index in [2.05, 4.69) is 5.32 Å². The highest BCUT2D eigenvalue weighted by Crippen LogP contribution is 2.25. The molecule has 6 heteroatoms. The Kier molecular flexibility index (Phi) is 5.85. The molecule has 0 saturated carbocycles. The van der Waals surface area contributed by atoms with E-state index in [4.69, 9.17) is 0 Å². The van der Waals surface area contributed by atoms with Crippen LogP contribution in [-0.2, 0) is 10.0 Å². The Morgan fingerprint density at radius 3 is 2.56 bits per heavy atom. The van der Waals surface area contributed by atoms with Crippen molar-refractivity contribution in [3.8, 4) is 0 Å². The van der Waals surface area contributed by atoms with Crippen molar-refractivity contribution in [3.63, 3.8) is 0 Å². The third-order valence-electron chi connectivity index (χ3n) is 4.94. The fourth-order valence-corrected chi connectivity index (χ4v) is 4.97. The van der Waals surface area contributed by atoms with Crippen LogP contribution >= 0.6 is 0 Å². The summed E-state index contributed by atoms with van der Waals surface area (Å²) in [6, 6.07) is 14.9. The van der Waals surface area contributed by atoms with Crippen molar-refractivity contribution < 1.29 is 13.2 Å². The lowest BCUT2D eigenvalue weighted by Gasteiger charge is -2.28. The molecule has 2 aromatic rings. The zero-order chi connectivity index (χ0) is 19.4. The van der Waals surface area contributed by atoms with Gasteiger partial charge in [-0.1, -0.05) is 42.8 Å². The smallest absolute Gasteiger partial charge is 0.251 e. The van der Waals surface area contributed by atoms with Gasteiger partial charge in [0.25, 0.3) is 5.91 Å². The lowest BCUT2D eigenvalue weighted by atomic mass is 10.0. The molecule has 1 aliphatic heterocycles. The summed E-state index contributed by atoms with van der Waals surface area (Å²) < 4.78 is 26.1. The highest BCUT2D eigenvalue weighted by atomic mass is 32.2. The van der Waals surface area contributed by atoms with Gasteiger partial charge in [0.05, 0.1) is 17.5 Å². The average molecular weight is 387 g/mol. The van der Waals surface area contributed by atoms with Crippen LogP contribution in [0.1, 0.15) is 53.7 Å². The van der Waals surface area contributed by atoms with Gasteiger partial charge in [-0.2, -0.15) is 0 Å². The second kappa shape index (κ2) is 8.13. The molecule has 1 heterocycles. The van der Waals surface area contributed by atoms with Crippen molar-refractivity contribution in [2.45, 2.75) is 39.2 Å². The first-order valence-corrected chi connectivity index (χ1v) is 11.0. The summed E-state index contributed by atoms with van der Waals surface area (Å²) in [5.74, 6) is -0.0342. The number of carbonyl (C=O) groups excluding carboxylic acids is 1. The number of hydrogen-bond donors (Lipinski definition) is 1. The van der Waals surface area contributed by atoms with Gasteiger partial charge >= 0.3 is 0 Å². The van der Waals surface area contributed by atoms with Crippen LogP contribution in [0.4, 0.5) is 5.69 Å². The standard InChI is InChI=1S/C21H26N2O3S/c1-3-20(17-11-9-16(2)10-12-17)22-21(24)18-7-6-8-19(15-18)23-13-4-5-14-27(23,25)26/h6-12,15,20H,3-5,13-14H2,1-2H3,(H,22,24)/t20-/m0/s1. The molecule has 0 radical (unpaired) electrons. The Bertz CT molecular complexity index is 907. The Morgan fingerprint density at radius 1 is 1.15 bits per heavy atom. The lowest BCUT2D eigenvalue weighted by molar-refractivity contribution is 0.0935. The fraction of sp³-hybridized carbons (Fsp3) is 0.381. The maximum absolute atomic E-state index is 12.8. The van der Waals surface area contributed by atoms with Gasteiger partial charge in [-0.05, 0) is 49.9 Å². The highest BCUT2D eigenvalue weighted by molar-refractivity contribution is 7.92. The second-order valence-electron chi connectivity index (χ2n) is 6.99. The molecular formula is C21H26N2O3S. The van der Waals surface area contributed by atoms with Crippen LogP contribution < -0.4 is 9.62 Å². The van der Waals surface area contributed by atoms with Crippen LogP contribution in [-0.4, -0.2) is 26.6 Å². The SMILES string of the molecule is CC[C@H](NC(=O)c1cccc(N2CCCCS2(=O)=O)c1)c1ccc(C)cc1. The molecule has 2 aromatic carbocycles. The first-order valence-electron chi connectivity index (χ1n) is 9.38. The molecule has 3 rings (SSSR count). The lowest BCUT2D eigenvalue weighted by Crippen LogP contribution is -2.38. The Balaban J connectivity index is 1.79. The first kappa shape index (κ1) is 19.4. The van der Waals surface area contributed by atoms with Crippen molar-refractivity contribution in [1.29, 1.82) is 0 Å². The molecule has 1 amide bonds. The number of nitrogens with zero attached hydrogens (tertiary/aromatic N) is 1. The minimum atomic E-state index is -3.29. The predicted molar refractivity (Wildman–Crippen MR) is 108 cm³/mol. The topological polar surface area (TPSA) is 66.5 Å². The minimum absolute atomic E-state index is 0.0829. The van der Waals surface area contributed by atoms with E-state index in [0.29, 0.717) is 24.2 Å². The van der Waals surface area contributed by atoms with Crippen LogP contribution in [0.25, 0.3) is 0 Å². The third-order valence-corrected chi connectivity index (χ3v) is 6.81. The molecule has 1 atom stereocenters. The summed E-state index contributed by atoms with van der Waals surface area (Å²) in [6.45, 7) is 4.53. The van der Waals surface area contributed by atoms with Crippen LogP contribution in [0.15, 0.2) is 48.5 Å².